The van der Waals surface area contributed by atoms with E-state index >= 15 is 0 Å². The fourth-order valence-corrected chi connectivity index (χ4v) is 1.75. The van der Waals surface area contributed by atoms with Crippen molar-refractivity contribution in [3.05, 3.63) is 52.1 Å². The molecule has 1 aromatic carbocycles. The molecule has 6 heteroatoms. The zero-order chi connectivity index (χ0) is 12.3. The van der Waals surface area contributed by atoms with Gasteiger partial charge in [0.15, 0.2) is 0 Å². The number of hydrogen-bond acceptors (Lipinski definition) is 3. The highest BCUT2D eigenvalue weighted by atomic mass is 35.5. The number of nitrogens with one attached hydrogen (secondary N) is 1. The topological polar surface area (TPSA) is 38.1 Å². The Morgan fingerprint density at radius 3 is 2.78 bits per heavy atom. The van der Waals surface area contributed by atoms with Gasteiger partial charge in [-0.05, 0) is 19.1 Å². The van der Waals surface area contributed by atoms with Crippen molar-refractivity contribution >= 4 is 24.0 Å². The van der Waals surface area contributed by atoms with Crippen LogP contribution in [0.15, 0.2) is 28.8 Å². The molecule has 0 aliphatic rings. The molecule has 18 heavy (non-hydrogen) atoms. The summed E-state index contributed by atoms with van der Waals surface area (Å²) in [6, 6.07) is 6.48. The second-order valence-electron chi connectivity index (χ2n) is 3.73. The molecule has 0 radical (unpaired) electrons. The Hall–Kier alpha value is -1.10. The third-order valence-corrected chi connectivity index (χ3v) is 2.70. The molecule has 3 nitrogen and oxygen atoms in total. The minimum Gasteiger partial charge on any atom is -0.361 e. The van der Waals surface area contributed by atoms with Gasteiger partial charge in [-0.25, -0.2) is 4.39 Å². The normalized spacial score (nSPS) is 10.2. The number of aromatic nitrogens is 1. The first-order valence-corrected chi connectivity index (χ1v) is 5.60. The SMILES string of the molecule is Cc1cc(CNCc2c(F)cccc2Cl)no1.Cl. The third-order valence-electron chi connectivity index (χ3n) is 2.35. The maximum absolute atomic E-state index is 13.4. The number of hydrogen-bond donors (Lipinski definition) is 1. The van der Waals surface area contributed by atoms with E-state index in [0.29, 0.717) is 23.7 Å². The average Bonchev–Trinajstić information content (AvgIpc) is 2.69. The standard InChI is InChI=1S/C12H12ClFN2O.ClH/c1-8-5-9(16-17-8)6-15-7-10-11(13)3-2-4-12(10)14;/h2-5,15H,6-7H2,1H3;1H. The zero-order valence-corrected chi connectivity index (χ0v) is 11.3. The summed E-state index contributed by atoms with van der Waals surface area (Å²) in [5.41, 5.74) is 1.25. The van der Waals surface area contributed by atoms with Crippen LogP contribution in [0.3, 0.4) is 0 Å². The van der Waals surface area contributed by atoms with Gasteiger partial charge in [0.2, 0.25) is 0 Å². The van der Waals surface area contributed by atoms with Gasteiger partial charge in [0.25, 0.3) is 0 Å². The highest BCUT2D eigenvalue weighted by molar-refractivity contribution is 6.31. The summed E-state index contributed by atoms with van der Waals surface area (Å²) in [5, 5.41) is 7.32. The van der Waals surface area contributed by atoms with Gasteiger partial charge in [-0.15, -0.1) is 12.4 Å². The summed E-state index contributed by atoms with van der Waals surface area (Å²) in [6.45, 7) is 2.70. The summed E-state index contributed by atoms with van der Waals surface area (Å²) in [4.78, 5) is 0. The molecule has 1 heterocycles. The first-order valence-electron chi connectivity index (χ1n) is 5.22. The summed E-state index contributed by atoms with van der Waals surface area (Å²) < 4.78 is 18.3. The van der Waals surface area contributed by atoms with E-state index < -0.39 is 0 Å². The molecule has 0 aliphatic heterocycles. The van der Waals surface area contributed by atoms with Crippen molar-refractivity contribution in [2.75, 3.05) is 0 Å². The van der Waals surface area contributed by atoms with Crippen LogP contribution in [-0.4, -0.2) is 5.16 Å². The number of benzene rings is 1. The molecule has 98 valence electrons. The smallest absolute Gasteiger partial charge is 0.133 e. The van der Waals surface area contributed by atoms with E-state index in [-0.39, 0.29) is 18.2 Å². The van der Waals surface area contributed by atoms with Crippen LogP contribution in [-0.2, 0) is 13.1 Å². The molecular formula is C12H13Cl2FN2O. The molecular weight excluding hydrogens is 278 g/mol. The Bertz CT molecular complexity index is 496. The van der Waals surface area contributed by atoms with Gasteiger partial charge >= 0.3 is 0 Å². The maximum Gasteiger partial charge on any atom is 0.133 e. The molecule has 0 amide bonds. The largest absolute Gasteiger partial charge is 0.361 e. The van der Waals surface area contributed by atoms with E-state index in [4.69, 9.17) is 16.1 Å². The minimum absolute atomic E-state index is 0. The molecule has 0 atom stereocenters. The lowest BCUT2D eigenvalue weighted by Gasteiger charge is -2.06. The quantitative estimate of drug-likeness (QED) is 0.937. The van der Waals surface area contributed by atoms with E-state index in [1.165, 1.54) is 6.07 Å². The third kappa shape index (κ3) is 3.70. The molecule has 0 saturated heterocycles. The fourth-order valence-electron chi connectivity index (χ4n) is 1.52. The second kappa shape index (κ2) is 6.73. The van der Waals surface area contributed by atoms with Crippen LogP contribution in [0.2, 0.25) is 5.02 Å². The predicted octanol–water partition coefficient (Wildman–Crippen LogP) is 3.49. The van der Waals surface area contributed by atoms with Gasteiger partial charge < -0.3 is 9.84 Å². The molecule has 2 rings (SSSR count). The van der Waals surface area contributed by atoms with E-state index in [9.17, 15) is 4.39 Å². The molecule has 2 aromatic rings. The molecule has 1 aromatic heterocycles. The molecule has 0 spiro atoms. The molecule has 0 unspecified atom stereocenters. The van der Waals surface area contributed by atoms with E-state index in [2.05, 4.69) is 10.5 Å². The number of rotatable bonds is 4. The lowest BCUT2D eigenvalue weighted by molar-refractivity contribution is 0.388. The van der Waals surface area contributed by atoms with Crippen LogP contribution in [0.4, 0.5) is 4.39 Å². The summed E-state index contributed by atoms with van der Waals surface area (Å²) >= 11 is 5.90. The van der Waals surface area contributed by atoms with Gasteiger partial charge in [-0.2, -0.15) is 0 Å². The van der Waals surface area contributed by atoms with Gasteiger partial charge in [0.1, 0.15) is 11.6 Å². The first-order chi connectivity index (χ1) is 8.16. The Morgan fingerprint density at radius 1 is 1.39 bits per heavy atom. The Labute approximate surface area is 116 Å². The van der Waals surface area contributed by atoms with Crippen LogP contribution in [0.5, 0.6) is 0 Å². The summed E-state index contributed by atoms with van der Waals surface area (Å²) in [6.07, 6.45) is 0. The van der Waals surface area contributed by atoms with Crippen molar-refractivity contribution in [3.8, 4) is 0 Å². The average molecular weight is 291 g/mol. The van der Waals surface area contributed by atoms with E-state index in [1.54, 1.807) is 12.1 Å². The van der Waals surface area contributed by atoms with E-state index in [0.717, 1.165) is 11.5 Å². The van der Waals surface area contributed by atoms with Crippen LogP contribution in [0.25, 0.3) is 0 Å². The van der Waals surface area contributed by atoms with Crippen LogP contribution in [0, 0.1) is 12.7 Å². The predicted molar refractivity (Wildman–Crippen MR) is 70.4 cm³/mol. The number of aryl methyl sites for hydroxylation is 1. The lowest BCUT2D eigenvalue weighted by Crippen LogP contribution is -2.14. The van der Waals surface area contributed by atoms with Crippen molar-refractivity contribution in [1.82, 2.24) is 10.5 Å². The van der Waals surface area contributed by atoms with Crippen molar-refractivity contribution in [1.29, 1.82) is 0 Å². The van der Waals surface area contributed by atoms with Crippen molar-refractivity contribution in [2.45, 2.75) is 20.0 Å². The first kappa shape index (κ1) is 15.0. The highest BCUT2D eigenvalue weighted by Gasteiger charge is 2.06. The molecule has 0 saturated carbocycles. The molecule has 0 fully saturated rings. The zero-order valence-electron chi connectivity index (χ0n) is 9.74. The Kier molecular flexibility index (Phi) is 5.59. The summed E-state index contributed by atoms with van der Waals surface area (Å²) in [5.74, 6) is 0.451. The highest BCUT2D eigenvalue weighted by Crippen LogP contribution is 2.18. The molecule has 0 bridgehead atoms. The Balaban J connectivity index is 0.00000162. The van der Waals surface area contributed by atoms with Crippen molar-refractivity contribution < 1.29 is 8.91 Å². The monoisotopic (exact) mass is 290 g/mol. The molecule has 0 aliphatic carbocycles. The van der Waals surface area contributed by atoms with Gasteiger partial charge in [0.05, 0.1) is 5.69 Å². The lowest BCUT2D eigenvalue weighted by atomic mass is 10.2. The van der Waals surface area contributed by atoms with Crippen molar-refractivity contribution in [2.24, 2.45) is 0 Å². The second-order valence-corrected chi connectivity index (χ2v) is 4.14. The minimum atomic E-state index is -0.304. The van der Waals surface area contributed by atoms with Gasteiger partial charge in [-0.3, -0.25) is 0 Å². The van der Waals surface area contributed by atoms with Crippen LogP contribution >= 0.6 is 24.0 Å². The van der Waals surface area contributed by atoms with Crippen LogP contribution < -0.4 is 5.32 Å². The van der Waals surface area contributed by atoms with Gasteiger partial charge in [0, 0.05) is 29.7 Å². The maximum atomic E-state index is 13.4. The summed E-state index contributed by atoms with van der Waals surface area (Å²) in [7, 11) is 0. The number of halogens is 3. The Morgan fingerprint density at radius 2 is 2.17 bits per heavy atom. The fraction of sp³-hybridized carbons (Fsp3) is 0.250. The van der Waals surface area contributed by atoms with Gasteiger partial charge in [-0.1, -0.05) is 22.8 Å². The number of nitrogens with zero attached hydrogens (tertiary/aromatic N) is 1. The van der Waals surface area contributed by atoms with Crippen molar-refractivity contribution in [3.63, 3.8) is 0 Å². The van der Waals surface area contributed by atoms with E-state index in [1.807, 2.05) is 13.0 Å². The van der Waals surface area contributed by atoms with Crippen LogP contribution in [0.1, 0.15) is 17.0 Å². The molecule has 1 N–H and O–H groups in total.